The summed E-state index contributed by atoms with van der Waals surface area (Å²) in [6.07, 6.45) is 4.94. The lowest BCUT2D eigenvalue weighted by Crippen LogP contribution is -2.18. The van der Waals surface area contributed by atoms with E-state index in [1.54, 1.807) is 11.3 Å². The van der Waals surface area contributed by atoms with Gasteiger partial charge in [0.25, 0.3) is 0 Å². The Hall–Kier alpha value is -0.0900. The number of ether oxygens (including phenoxy) is 1. The Morgan fingerprint density at radius 2 is 2.17 bits per heavy atom. The molecular weight excluding hydrogens is 266 g/mol. The molecule has 0 amide bonds. The average molecular weight is 290 g/mol. The quantitative estimate of drug-likeness (QED) is 0.719. The standard InChI is InChI=1S/C14H24ClNOS/c1-3-5-6-11(4-2)10-17-12(9-16)13-7-8-14(15)18-13/h7-8,11-12H,3-6,9-10,16H2,1-2H3. The zero-order chi connectivity index (χ0) is 13.4. The minimum Gasteiger partial charge on any atom is -0.371 e. The van der Waals surface area contributed by atoms with Crippen molar-refractivity contribution in [2.45, 2.75) is 45.6 Å². The summed E-state index contributed by atoms with van der Waals surface area (Å²) in [5, 5.41) is 0. The summed E-state index contributed by atoms with van der Waals surface area (Å²) in [5.41, 5.74) is 5.78. The molecule has 0 aromatic carbocycles. The van der Waals surface area contributed by atoms with Crippen LogP contribution in [0.2, 0.25) is 4.34 Å². The van der Waals surface area contributed by atoms with Crippen molar-refractivity contribution in [2.24, 2.45) is 11.7 Å². The molecule has 0 saturated carbocycles. The fraction of sp³-hybridized carbons (Fsp3) is 0.714. The van der Waals surface area contributed by atoms with Gasteiger partial charge in [0.05, 0.1) is 10.9 Å². The zero-order valence-corrected chi connectivity index (χ0v) is 12.9. The van der Waals surface area contributed by atoms with Gasteiger partial charge in [0, 0.05) is 11.4 Å². The van der Waals surface area contributed by atoms with Crippen LogP contribution in [0.1, 0.15) is 50.5 Å². The van der Waals surface area contributed by atoms with Gasteiger partial charge >= 0.3 is 0 Å². The van der Waals surface area contributed by atoms with Crippen molar-refractivity contribution in [1.82, 2.24) is 0 Å². The van der Waals surface area contributed by atoms with Gasteiger partial charge in [0.1, 0.15) is 6.10 Å². The summed E-state index contributed by atoms with van der Waals surface area (Å²) in [6, 6.07) is 3.92. The van der Waals surface area contributed by atoms with Crippen LogP contribution in [0.4, 0.5) is 0 Å². The van der Waals surface area contributed by atoms with Crippen LogP contribution in [0.3, 0.4) is 0 Å². The topological polar surface area (TPSA) is 35.2 Å². The van der Waals surface area contributed by atoms with Gasteiger partial charge in [0.15, 0.2) is 0 Å². The van der Waals surface area contributed by atoms with Gasteiger partial charge in [-0.3, -0.25) is 0 Å². The van der Waals surface area contributed by atoms with Crippen LogP contribution in [0, 0.1) is 5.92 Å². The summed E-state index contributed by atoms with van der Waals surface area (Å²) in [4.78, 5) is 1.13. The van der Waals surface area contributed by atoms with E-state index in [0.717, 1.165) is 15.8 Å². The van der Waals surface area contributed by atoms with Crippen molar-refractivity contribution >= 4 is 22.9 Å². The lowest BCUT2D eigenvalue weighted by Gasteiger charge is -2.19. The number of unbranched alkanes of at least 4 members (excludes halogenated alkanes) is 1. The van der Waals surface area contributed by atoms with E-state index in [0.29, 0.717) is 12.5 Å². The van der Waals surface area contributed by atoms with Crippen molar-refractivity contribution in [3.63, 3.8) is 0 Å². The second-order valence-corrected chi connectivity index (χ2v) is 6.36. The molecule has 18 heavy (non-hydrogen) atoms. The molecule has 1 heterocycles. The molecule has 0 radical (unpaired) electrons. The van der Waals surface area contributed by atoms with Crippen molar-refractivity contribution in [3.8, 4) is 0 Å². The molecule has 2 atom stereocenters. The van der Waals surface area contributed by atoms with Crippen LogP contribution in [-0.2, 0) is 4.74 Å². The molecule has 0 aliphatic heterocycles. The molecule has 0 fully saturated rings. The molecule has 1 aromatic heterocycles. The Bertz CT molecular complexity index is 329. The van der Waals surface area contributed by atoms with Crippen LogP contribution in [-0.4, -0.2) is 13.2 Å². The largest absolute Gasteiger partial charge is 0.371 e. The summed E-state index contributed by atoms with van der Waals surface area (Å²) in [7, 11) is 0. The maximum atomic E-state index is 5.97. The lowest BCUT2D eigenvalue weighted by atomic mass is 10.0. The molecule has 2 nitrogen and oxygen atoms in total. The first kappa shape index (κ1) is 16.0. The molecule has 0 spiro atoms. The minimum atomic E-state index is -0.00169. The van der Waals surface area contributed by atoms with Crippen molar-refractivity contribution in [1.29, 1.82) is 0 Å². The number of rotatable bonds is 9. The van der Waals surface area contributed by atoms with E-state index in [1.807, 2.05) is 12.1 Å². The zero-order valence-electron chi connectivity index (χ0n) is 11.3. The molecule has 0 aliphatic carbocycles. The third kappa shape index (κ3) is 5.27. The van der Waals surface area contributed by atoms with Gasteiger partial charge < -0.3 is 10.5 Å². The fourth-order valence-electron chi connectivity index (χ4n) is 1.92. The van der Waals surface area contributed by atoms with Crippen LogP contribution >= 0.6 is 22.9 Å². The molecule has 0 saturated heterocycles. The van der Waals surface area contributed by atoms with Crippen LogP contribution < -0.4 is 5.73 Å². The average Bonchev–Trinajstić information content (AvgIpc) is 2.80. The van der Waals surface area contributed by atoms with E-state index in [4.69, 9.17) is 22.1 Å². The fourth-order valence-corrected chi connectivity index (χ4v) is 3.04. The third-order valence-electron chi connectivity index (χ3n) is 3.20. The predicted molar refractivity (Wildman–Crippen MR) is 80.4 cm³/mol. The lowest BCUT2D eigenvalue weighted by molar-refractivity contribution is 0.0319. The number of hydrogen-bond acceptors (Lipinski definition) is 3. The van der Waals surface area contributed by atoms with Gasteiger partial charge in [0.2, 0.25) is 0 Å². The highest BCUT2D eigenvalue weighted by Crippen LogP contribution is 2.29. The Labute approximate surface area is 119 Å². The molecule has 2 N–H and O–H groups in total. The van der Waals surface area contributed by atoms with Gasteiger partial charge in [-0.15, -0.1) is 11.3 Å². The van der Waals surface area contributed by atoms with E-state index in [2.05, 4.69) is 13.8 Å². The smallest absolute Gasteiger partial charge is 0.104 e. The van der Waals surface area contributed by atoms with Gasteiger partial charge in [-0.25, -0.2) is 0 Å². The Balaban J connectivity index is 2.43. The van der Waals surface area contributed by atoms with E-state index in [9.17, 15) is 0 Å². The summed E-state index contributed by atoms with van der Waals surface area (Å²) >= 11 is 7.50. The van der Waals surface area contributed by atoms with Gasteiger partial charge in [-0.2, -0.15) is 0 Å². The molecule has 104 valence electrons. The van der Waals surface area contributed by atoms with Crippen LogP contribution in [0.5, 0.6) is 0 Å². The SMILES string of the molecule is CCCCC(CC)COC(CN)c1ccc(Cl)s1. The van der Waals surface area contributed by atoms with Crippen LogP contribution in [0.25, 0.3) is 0 Å². The first-order valence-electron chi connectivity index (χ1n) is 6.78. The highest BCUT2D eigenvalue weighted by atomic mass is 35.5. The maximum Gasteiger partial charge on any atom is 0.104 e. The summed E-state index contributed by atoms with van der Waals surface area (Å²) < 4.78 is 6.76. The number of nitrogens with two attached hydrogens (primary N) is 1. The molecule has 4 heteroatoms. The van der Waals surface area contributed by atoms with E-state index >= 15 is 0 Å². The molecule has 0 bridgehead atoms. The highest BCUT2D eigenvalue weighted by Gasteiger charge is 2.15. The monoisotopic (exact) mass is 289 g/mol. The van der Waals surface area contributed by atoms with Crippen molar-refractivity contribution < 1.29 is 4.74 Å². The number of halogens is 1. The van der Waals surface area contributed by atoms with Gasteiger partial charge in [-0.1, -0.05) is 44.7 Å². The Morgan fingerprint density at radius 1 is 1.39 bits per heavy atom. The number of hydrogen-bond donors (Lipinski definition) is 1. The summed E-state index contributed by atoms with van der Waals surface area (Å²) in [6.45, 7) is 5.77. The number of thiophene rings is 1. The van der Waals surface area contributed by atoms with E-state index in [-0.39, 0.29) is 6.10 Å². The molecule has 1 aromatic rings. The normalized spacial score (nSPS) is 14.7. The Morgan fingerprint density at radius 3 is 2.67 bits per heavy atom. The molecular formula is C14H24ClNOS. The first-order valence-corrected chi connectivity index (χ1v) is 7.97. The molecule has 0 aliphatic rings. The Kier molecular flexibility index (Phi) is 7.91. The van der Waals surface area contributed by atoms with Crippen molar-refractivity contribution in [3.05, 3.63) is 21.3 Å². The van der Waals surface area contributed by atoms with E-state index < -0.39 is 0 Å². The first-order chi connectivity index (χ1) is 8.71. The summed E-state index contributed by atoms with van der Waals surface area (Å²) in [5.74, 6) is 0.648. The predicted octanol–water partition coefficient (Wildman–Crippen LogP) is 4.63. The minimum absolute atomic E-state index is 0.00169. The second-order valence-electron chi connectivity index (χ2n) is 4.62. The van der Waals surface area contributed by atoms with Gasteiger partial charge in [-0.05, 0) is 24.5 Å². The third-order valence-corrected chi connectivity index (χ3v) is 4.52. The van der Waals surface area contributed by atoms with Crippen LogP contribution in [0.15, 0.2) is 12.1 Å². The maximum absolute atomic E-state index is 5.97. The second kappa shape index (κ2) is 8.92. The molecule has 1 rings (SSSR count). The van der Waals surface area contributed by atoms with Crippen molar-refractivity contribution in [2.75, 3.05) is 13.2 Å². The molecule has 2 unspecified atom stereocenters. The van der Waals surface area contributed by atoms with E-state index in [1.165, 1.54) is 25.7 Å². The highest BCUT2D eigenvalue weighted by molar-refractivity contribution is 7.16.